The molecule has 198 valence electrons. The van der Waals surface area contributed by atoms with E-state index < -0.39 is 0 Å². The van der Waals surface area contributed by atoms with Crippen LogP contribution in [-0.4, -0.2) is 19.3 Å². The molecule has 0 radical (unpaired) electrons. The van der Waals surface area contributed by atoms with Gasteiger partial charge in [0.15, 0.2) is 11.6 Å². The van der Waals surface area contributed by atoms with Gasteiger partial charge in [-0.1, -0.05) is 121 Å². The van der Waals surface area contributed by atoms with Crippen molar-refractivity contribution < 1.29 is 0 Å². The molecular formula is C38H26N4. The predicted molar refractivity (Wildman–Crippen MR) is 172 cm³/mol. The maximum Gasteiger partial charge on any atom is 0.182 e. The highest BCUT2D eigenvalue weighted by molar-refractivity contribution is 6.09. The number of para-hydroxylation sites is 2. The summed E-state index contributed by atoms with van der Waals surface area (Å²) in [7, 11) is 0. The molecule has 0 bridgehead atoms. The lowest BCUT2D eigenvalue weighted by atomic mass is 10.0. The van der Waals surface area contributed by atoms with Crippen molar-refractivity contribution in [2.45, 2.75) is 0 Å². The largest absolute Gasteiger partial charge is 0.309 e. The summed E-state index contributed by atoms with van der Waals surface area (Å²) >= 11 is 0. The number of hydrogen-bond acceptors (Lipinski definition) is 2. The summed E-state index contributed by atoms with van der Waals surface area (Å²) in [6, 6.07) is 54.9. The van der Waals surface area contributed by atoms with Crippen LogP contribution in [0, 0.1) is 0 Å². The summed E-state index contributed by atoms with van der Waals surface area (Å²) < 4.78 is 4.28. The molecule has 0 atom stereocenters. The molecule has 0 unspecified atom stereocenters. The van der Waals surface area contributed by atoms with Crippen LogP contribution in [-0.2, 0) is 0 Å². The van der Waals surface area contributed by atoms with Crippen LogP contribution < -0.4 is 0 Å². The number of rotatable bonds is 5. The SMILES string of the molecule is c1ccc(-c2ccc(-c3nc(-c4ccccc4)nn3-c3ccc(-n4c5ccccc5c5ccccc54)cc3)cc2)cc1. The highest BCUT2D eigenvalue weighted by atomic mass is 15.4. The Morgan fingerprint density at radius 1 is 0.381 bits per heavy atom. The van der Waals surface area contributed by atoms with Crippen LogP contribution in [0.3, 0.4) is 0 Å². The Bertz CT molecular complexity index is 2100. The molecule has 6 aromatic carbocycles. The van der Waals surface area contributed by atoms with Crippen LogP contribution in [0.25, 0.3) is 67.1 Å². The second-order valence-corrected chi connectivity index (χ2v) is 10.4. The fraction of sp³-hybridized carbons (Fsp3) is 0. The standard InChI is InChI=1S/C38H26N4/c1-3-11-27(12-4-1)28-19-21-30(22-20-28)38-39-37(29-13-5-2-6-14-29)40-42(38)32-25-23-31(24-26-32)41-35-17-9-7-15-33(35)34-16-8-10-18-36(34)41/h1-26H. The van der Waals surface area contributed by atoms with Crippen molar-refractivity contribution >= 4 is 21.8 Å². The highest BCUT2D eigenvalue weighted by Crippen LogP contribution is 2.33. The van der Waals surface area contributed by atoms with Gasteiger partial charge in [0, 0.05) is 27.6 Å². The van der Waals surface area contributed by atoms with Crippen LogP contribution in [0.1, 0.15) is 0 Å². The average molecular weight is 539 g/mol. The Morgan fingerprint density at radius 3 is 1.48 bits per heavy atom. The van der Waals surface area contributed by atoms with Gasteiger partial charge in [0.1, 0.15) is 0 Å². The van der Waals surface area contributed by atoms with Crippen molar-refractivity contribution in [3.05, 3.63) is 158 Å². The summed E-state index contributed by atoms with van der Waals surface area (Å²) in [5.74, 6) is 1.50. The molecule has 42 heavy (non-hydrogen) atoms. The Kier molecular flexibility index (Phi) is 5.75. The van der Waals surface area contributed by atoms with Gasteiger partial charge < -0.3 is 4.57 Å². The molecule has 0 aliphatic rings. The first-order chi connectivity index (χ1) is 20.8. The normalized spacial score (nSPS) is 11.3. The minimum Gasteiger partial charge on any atom is -0.309 e. The molecule has 4 heteroatoms. The molecule has 0 saturated carbocycles. The lowest BCUT2D eigenvalue weighted by Gasteiger charge is -2.11. The number of benzene rings is 6. The van der Waals surface area contributed by atoms with E-state index in [9.17, 15) is 0 Å². The van der Waals surface area contributed by atoms with Gasteiger partial charge in [0.25, 0.3) is 0 Å². The van der Waals surface area contributed by atoms with Gasteiger partial charge >= 0.3 is 0 Å². The van der Waals surface area contributed by atoms with E-state index in [4.69, 9.17) is 10.1 Å². The summed E-state index contributed by atoms with van der Waals surface area (Å²) in [5, 5.41) is 7.50. The number of aromatic nitrogens is 4. The number of nitrogens with zero attached hydrogens (tertiary/aromatic N) is 4. The Balaban J connectivity index is 1.24. The Labute approximate surface area is 243 Å². The molecule has 2 aromatic heterocycles. The van der Waals surface area contributed by atoms with Crippen LogP contribution in [0.5, 0.6) is 0 Å². The minimum absolute atomic E-state index is 0.698. The smallest absolute Gasteiger partial charge is 0.182 e. The zero-order valence-corrected chi connectivity index (χ0v) is 22.8. The van der Waals surface area contributed by atoms with E-state index in [0.29, 0.717) is 5.82 Å². The molecule has 8 aromatic rings. The third-order valence-electron chi connectivity index (χ3n) is 7.82. The quantitative estimate of drug-likeness (QED) is 0.219. The minimum atomic E-state index is 0.698. The zero-order valence-electron chi connectivity index (χ0n) is 22.8. The molecule has 0 spiro atoms. The lowest BCUT2D eigenvalue weighted by molar-refractivity contribution is 0.889. The molecule has 0 aliphatic carbocycles. The maximum atomic E-state index is 5.03. The summed E-state index contributed by atoms with van der Waals surface area (Å²) in [6.07, 6.45) is 0. The van der Waals surface area contributed by atoms with Gasteiger partial charge in [0.2, 0.25) is 0 Å². The molecule has 0 fully saturated rings. The van der Waals surface area contributed by atoms with Crippen LogP contribution in [0.2, 0.25) is 0 Å². The van der Waals surface area contributed by atoms with Crippen LogP contribution in [0.4, 0.5) is 0 Å². The lowest BCUT2D eigenvalue weighted by Crippen LogP contribution is -2.01. The fourth-order valence-electron chi connectivity index (χ4n) is 5.77. The van der Waals surface area contributed by atoms with Gasteiger partial charge in [-0.05, 0) is 47.5 Å². The van der Waals surface area contributed by atoms with Gasteiger partial charge in [-0.15, -0.1) is 5.10 Å². The van der Waals surface area contributed by atoms with Crippen LogP contribution >= 0.6 is 0 Å². The van der Waals surface area contributed by atoms with Crippen molar-refractivity contribution in [3.8, 4) is 45.3 Å². The van der Waals surface area contributed by atoms with Crippen LogP contribution in [0.15, 0.2) is 158 Å². The molecule has 4 nitrogen and oxygen atoms in total. The predicted octanol–water partition coefficient (Wildman–Crippen LogP) is 9.37. The first-order valence-electron chi connectivity index (χ1n) is 14.1. The zero-order chi connectivity index (χ0) is 27.9. The summed E-state index contributed by atoms with van der Waals surface area (Å²) in [5.41, 5.74) is 8.80. The average Bonchev–Trinajstić information content (AvgIpc) is 3.66. The number of hydrogen-bond donors (Lipinski definition) is 0. The summed E-state index contributed by atoms with van der Waals surface area (Å²) in [4.78, 5) is 5.03. The number of fused-ring (bicyclic) bond motifs is 3. The van der Waals surface area contributed by atoms with E-state index in [-0.39, 0.29) is 0 Å². The monoisotopic (exact) mass is 538 g/mol. The van der Waals surface area contributed by atoms with Crippen molar-refractivity contribution in [3.63, 3.8) is 0 Å². The molecule has 0 amide bonds. The van der Waals surface area contributed by atoms with E-state index >= 15 is 0 Å². The van der Waals surface area contributed by atoms with Gasteiger partial charge in [-0.2, -0.15) is 0 Å². The Hall–Kier alpha value is -5.74. The second kappa shape index (κ2) is 10.0. The van der Waals surface area contributed by atoms with Gasteiger partial charge in [-0.3, -0.25) is 0 Å². The van der Waals surface area contributed by atoms with Crippen molar-refractivity contribution in [1.82, 2.24) is 19.3 Å². The van der Waals surface area contributed by atoms with Gasteiger partial charge in [-0.25, -0.2) is 9.67 Å². The topological polar surface area (TPSA) is 35.6 Å². The van der Waals surface area contributed by atoms with E-state index in [2.05, 4.69) is 126 Å². The van der Waals surface area contributed by atoms with E-state index in [1.165, 1.54) is 32.9 Å². The van der Waals surface area contributed by atoms with Gasteiger partial charge in [0.05, 0.1) is 16.7 Å². The molecular weight excluding hydrogens is 512 g/mol. The second-order valence-electron chi connectivity index (χ2n) is 10.4. The van der Waals surface area contributed by atoms with E-state index in [1.807, 2.05) is 41.1 Å². The third-order valence-corrected chi connectivity index (χ3v) is 7.82. The highest BCUT2D eigenvalue weighted by Gasteiger charge is 2.16. The molecule has 2 heterocycles. The first-order valence-corrected chi connectivity index (χ1v) is 14.1. The third kappa shape index (κ3) is 4.09. The molecule has 0 aliphatic heterocycles. The fourth-order valence-corrected chi connectivity index (χ4v) is 5.77. The van der Waals surface area contributed by atoms with Crippen molar-refractivity contribution in [2.75, 3.05) is 0 Å². The molecule has 0 N–H and O–H groups in total. The molecule has 0 saturated heterocycles. The first kappa shape index (κ1) is 24.1. The summed E-state index contributed by atoms with van der Waals surface area (Å²) in [6.45, 7) is 0. The molecule has 8 rings (SSSR count). The Morgan fingerprint density at radius 2 is 0.857 bits per heavy atom. The maximum absolute atomic E-state index is 5.03. The van der Waals surface area contributed by atoms with E-state index in [1.54, 1.807) is 0 Å². The van der Waals surface area contributed by atoms with Crippen molar-refractivity contribution in [2.24, 2.45) is 0 Å². The van der Waals surface area contributed by atoms with E-state index in [0.717, 1.165) is 28.3 Å². The van der Waals surface area contributed by atoms with Crippen molar-refractivity contribution in [1.29, 1.82) is 0 Å².